The number of carbonyl (C=O) groups excluding carboxylic acids is 2. The van der Waals surface area contributed by atoms with Crippen molar-refractivity contribution in [3.8, 4) is 0 Å². The van der Waals surface area contributed by atoms with Crippen LogP contribution in [0.5, 0.6) is 0 Å². The van der Waals surface area contributed by atoms with Gasteiger partial charge in [-0.25, -0.2) is 4.90 Å². The van der Waals surface area contributed by atoms with Crippen molar-refractivity contribution in [2.45, 2.75) is 31.6 Å². The summed E-state index contributed by atoms with van der Waals surface area (Å²) in [4.78, 5) is 29.4. The Balaban J connectivity index is 1.73. The molecule has 0 fully saturated rings. The summed E-state index contributed by atoms with van der Waals surface area (Å²) in [6, 6.07) is 25.0. The number of thioether (sulfide) groups is 1. The predicted octanol–water partition coefficient (Wildman–Crippen LogP) is 6.11. The Morgan fingerprint density at radius 2 is 1.45 bits per heavy atom. The number of nitrogens with one attached hydrogen (secondary N) is 1. The van der Waals surface area contributed by atoms with Gasteiger partial charge in [0.15, 0.2) is 0 Å². The number of hydrogen-bond donors (Lipinski definition) is 1. The summed E-state index contributed by atoms with van der Waals surface area (Å²) in [5, 5.41) is 3.24. The van der Waals surface area contributed by atoms with Gasteiger partial charge in [-0.3, -0.25) is 9.59 Å². The fraction of sp³-hybridized carbons (Fsp3) is 0.154. The summed E-state index contributed by atoms with van der Waals surface area (Å²) in [5.74, 6) is -0.282. The minimum Gasteiger partial charge on any atom is -0.350 e. The number of anilines is 2. The van der Waals surface area contributed by atoms with E-state index in [2.05, 4.69) is 19.2 Å². The van der Waals surface area contributed by atoms with Gasteiger partial charge in [-0.2, -0.15) is 0 Å². The normalized spacial score (nSPS) is 14.0. The summed E-state index contributed by atoms with van der Waals surface area (Å²) in [5.41, 5.74) is 3.85. The van der Waals surface area contributed by atoms with Crippen LogP contribution in [-0.2, 0) is 9.59 Å². The number of imide groups is 1. The summed E-state index contributed by atoms with van der Waals surface area (Å²) in [6.45, 7) is 6.19. The molecule has 0 spiro atoms. The molecular weight excluding hydrogens is 404 g/mol. The van der Waals surface area contributed by atoms with Gasteiger partial charge in [-0.1, -0.05) is 74.1 Å². The van der Waals surface area contributed by atoms with E-state index in [1.807, 2.05) is 85.8 Å². The molecule has 1 heterocycles. The third-order valence-corrected chi connectivity index (χ3v) is 6.32. The molecule has 5 heteroatoms. The van der Waals surface area contributed by atoms with E-state index >= 15 is 0 Å². The molecule has 0 atom stereocenters. The van der Waals surface area contributed by atoms with Crippen molar-refractivity contribution >= 4 is 35.0 Å². The number of hydrogen-bond acceptors (Lipinski definition) is 4. The van der Waals surface area contributed by atoms with Crippen molar-refractivity contribution in [2.24, 2.45) is 0 Å². The van der Waals surface area contributed by atoms with E-state index in [0.29, 0.717) is 22.2 Å². The molecule has 1 aliphatic heterocycles. The maximum atomic E-state index is 13.4. The molecule has 0 saturated heterocycles. The SMILES string of the molecule is Cc1ccccc1NC1=C(Sc2ccccc2)C(=O)N(c2ccc(C(C)C)cc2)C1=O. The molecule has 3 aromatic rings. The van der Waals surface area contributed by atoms with E-state index < -0.39 is 0 Å². The third-order valence-electron chi connectivity index (χ3n) is 5.23. The van der Waals surface area contributed by atoms with Gasteiger partial charge < -0.3 is 5.32 Å². The largest absolute Gasteiger partial charge is 0.350 e. The van der Waals surface area contributed by atoms with Gasteiger partial charge >= 0.3 is 0 Å². The van der Waals surface area contributed by atoms with E-state index in [4.69, 9.17) is 0 Å². The van der Waals surface area contributed by atoms with Crippen molar-refractivity contribution < 1.29 is 9.59 Å². The first-order chi connectivity index (χ1) is 15.0. The second-order valence-corrected chi connectivity index (χ2v) is 8.83. The van der Waals surface area contributed by atoms with Crippen molar-refractivity contribution in [3.05, 3.63) is 101 Å². The second-order valence-electron chi connectivity index (χ2n) is 7.75. The number of aryl methyl sites for hydroxylation is 1. The Morgan fingerprint density at radius 1 is 0.806 bits per heavy atom. The van der Waals surface area contributed by atoms with Crippen molar-refractivity contribution in [3.63, 3.8) is 0 Å². The quantitative estimate of drug-likeness (QED) is 0.482. The molecular formula is C26H24N2O2S. The average molecular weight is 429 g/mol. The number of amides is 2. The summed E-state index contributed by atoms with van der Waals surface area (Å²) in [7, 11) is 0. The van der Waals surface area contributed by atoms with Crippen LogP contribution >= 0.6 is 11.8 Å². The Bertz CT molecular complexity index is 1150. The van der Waals surface area contributed by atoms with Gasteiger partial charge in [0, 0.05) is 10.6 Å². The van der Waals surface area contributed by atoms with Crippen LogP contribution in [-0.4, -0.2) is 11.8 Å². The van der Waals surface area contributed by atoms with Crippen LogP contribution in [0.2, 0.25) is 0 Å². The lowest BCUT2D eigenvalue weighted by molar-refractivity contribution is -0.120. The fourth-order valence-corrected chi connectivity index (χ4v) is 4.36. The highest BCUT2D eigenvalue weighted by atomic mass is 32.2. The van der Waals surface area contributed by atoms with Crippen LogP contribution in [0.1, 0.15) is 30.9 Å². The average Bonchev–Trinajstić information content (AvgIpc) is 3.00. The number of rotatable bonds is 6. The number of para-hydroxylation sites is 1. The van der Waals surface area contributed by atoms with Crippen molar-refractivity contribution in [1.82, 2.24) is 0 Å². The van der Waals surface area contributed by atoms with Gasteiger partial charge in [-0.15, -0.1) is 0 Å². The maximum Gasteiger partial charge on any atom is 0.283 e. The Morgan fingerprint density at radius 3 is 2.10 bits per heavy atom. The Hall–Kier alpha value is -3.31. The van der Waals surface area contributed by atoms with E-state index in [1.54, 1.807) is 0 Å². The summed E-state index contributed by atoms with van der Waals surface area (Å²) in [6.07, 6.45) is 0. The second kappa shape index (κ2) is 8.82. The first-order valence-corrected chi connectivity index (χ1v) is 11.1. The van der Waals surface area contributed by atoms with E-state index in [-0.39, 0.29) is 11.8 Å². The van der Waals surface area contributed by atoms with Gasteiger partial charge in [0.2, 0.25) is 0 Å². The van der Waals surface area contributed by atoms with Crippen LogP contribution in [0, 0.1) is 6.92 Å². The summed E-state index contributed by atoms with van der Waals surface area (Å²) < 4.78 is 0. The van der Waals surface area contributed by atoms with Gasteiger partial charge in [0.1, 0.15) is 10.6 Å². The molecule has 0 aromatic heterocycles. The Kier molecular flexibility index (Phi) is 5.96. The van der Waals surface area contributed by atoms with Gasteiger partial charge in [0.25, 0.3) is 11.8 Å². The van der Waals surface area contributed by atoms with Gasteiger partial charge in [0.05, 0.1) is 5.69 Å². The zero-order valence-electron chi connectivity index (χ0n) is 17.8. The number of nitrogens with zero attached hydrogens (tertiary/aromatic N) is 1. The highest BCUT2D eigenvalue weighted by molar-refractivity contribution is 8.04. The molecule has 0 bridgehead atoms. The molecule has 2 amide bonds. The Labute approximate surface area is 187 Å². The van der Waals surface area contributed by atoms with Crippen molar-refractivity contribution in [2.75, 3.05) is 10.2 Å². The highest BCUT2D eigenvalue weighted by Gasteiger charge is 2.40. The third kappa shape index (κ3) is 4.28. The molecule has 3 aromatic carbocycles. The molecule has 0 unspecified atom stereocenters. The number of benzene rings is 3. The van der Waals surface area contributed by atoms with E-state index in [9.17, 15) is 9.59 Å². The maximum absolute atomic E-state index is 13.4. The first kappa shape index (κ1) is 20.9. The van der Waals surface area contributed by atoms with Crippen molar-refractivity contribution in [1.29, 1.82) is 0 Å². The van der Waals surface area contributed by atoms with Gasteiger partial charge in [-0.05, 0) is 54.3 Å². The predicted molar refractivity (Wildman–Crippen MR) is 127 cm³/mol. The van der Waals surface area contributed by atoms with Crippen LogP contribution in [0.3, 0.4) is 0 Å². The molecule has 31 heavy (non-hydrogen) atoms. The van der Waals surface area contributed by atoms with Crippen LogP contribution < -0.4 is 10.2 Å². The fourth-order valence-electron chi connectivity index (χ4n) is 3.41. The smallest absolute Gasteiger partial charge is 0.283 e. The molecule has 0 aliphatic carbocycles. The molecule has 156 valence electrons. The lowest BCUT2D eigenvalue weighted by atomic mass is 10.0. The minimum atomic E-state index is -0.344. The highest BCUT2D eigenvalue weighted by Crippen LogP contribution is 2.38. The minimum absolute atomic E-state index is 0.307. The van der Waals surface area contributed by atoms with E-state index in [0.717, 1.165) is 21.7 Å². The molecule has 0 saturated carbocycles. The lowest BCUT2D eigenvalue weighted by Gasteiger charge is -2.16. The lowest BCUT2D eigenvalue weighted by Crippen LogP contribution is -2.32. The van der Waals surface area contributed by atoms with Crippen LogP contribution in [0.25, 0.3) is 0 Å². The van der Waals surface area contributed by atoms with Crippen LogP contribution in [0.15, 0.2) is 94.4 Å². The molecule has 0 radical (unpaired) electrons. The van der Waals surface area contributed by atoms with E-state index in [1.165, 1.54) is 16.7 Å². The zero-order valence-corrected chi connectivity index (χ0v) is 18.6. The molecule has 4 rings (SSSR count). The number of carbonyl (C=O) groups is 2. The topological polar surface area (TPSA) is 49.4 Å². The zero-order chi connectivity index (χ0) is 22.0. The standard InChI is InChI=1S/C26H24N2O2S/c1-17(2)19-13-15-20(16-14-19)28-25(29)23(27-22-12-8-7-9-18(22)3)24(26(28)30)31-21-10-5-4-6-11-21/h4-17,27H,1-3H3. The molecule has 1 aliphatic rings. The summed E-state index contributed by atoms with van der Waals surface area (Å²) >= 11 is 1.31. The monoisotopic (exact) mass is 428 g/mol. The molecule has 4 nitrogen and oxygen atoms in total. The van der Waals surface area contributed by atoms with Crippen LogP contribution in [0.4, 0.5) is 11.4 Å². The molecule has 1 N–H and O–H groups in total. The first-order valence-electron chi connectivity index (χ1n) is 10.2.